The molecule has 0 aromatic heterocycles. The predicted octanol–water partition coefficient (Wildman–Crippen LogP) is 2.53. The highest BCUT2D eigenvalue weighted by atomic mass is 17.0. The molecule has 0 aliphatic rings. The van der Waals surface area contributed by atoms with E-state index >= 15 is 0 Å². The lowest BCUT2D eigenvalue weighted by Crippen LogP contribution is -2.35. The summed E-state index contributed by atoms with van der Waals surface area (Å²) in [7, 11) is 0. The van der Waals surface area contributed by atoms with Crippen molar-refractivity contribution in [3.8, 4) is 0 Å². The van der Waals surface area contributed by atoms with E-state index in [0.29, 0.717) is 0 Å². The Bertz CT molecular complexity index is 416. The molecule has 0 saturated heterocycles. The summed E-state index contributed by atoms with van der Waals surface area (Å²) in [6, 6.07) is 0. The van der Waals surface area contributed by atoms with E-state index in [0.717, 1.165) is 0 Å². The van der Waals surface area contributed by atoms with E-state index in [9.17, 15) is 25.0 Å². The zero-order chi connectivity index (χ0) is 18.7. The van der Waals surface area contributed by atoms with E-state index in [2.05, 4.69) is 9.68 Å². The molecule has 24 heavy (non-hydrogen) atoms. The fourth-order valence-corrected chi connectivity index (χ4v) is 1.69. The fraction of sp³-hybridized carbons (Fsp3) is 0.923. The molecule has 3 unspecified atom stereocenters. The third-order valence-corrected chi connectivity index (χ3v) is 3.33. The van der Waals surface area contributed by atoms with Gasteiger partial charge in [0.05, 0.1) is 6.61 Å². The van der Waals surface area contributed by atoms with Gasteiger partial charge in [-0.2, -0.15) is 0 Å². The van der Waals surface area contributed by atoms with Crippen LogP contribution in [0, 0.1) is 26.1 Å². The average Bonchev–Trinajstić information content (AvgIpc) is 2.47. The molecule has 0 aromatic rings. The smallest absolute Gasteiger partial charge is 0.434 e. The molecule has 0 fully saturated rings. The first-order chi connectivity index (χ1) is 11.2. The highest BCUT2D eigenvalue weighted by molar-refractivity contribution is 5.60. The Morgan fingerprint density at radius 1 is 1.04 bits per heavy atom. The summed E-state index contributed by atoms with van der Waals surface area (Å²) >= 11 is 0. The molecule has 0 aromatic carbocycles. The molecule has 11 nitrogen and oxygen atoms in total. The maximum absolute atomic E-state index is 11.4. The van der Waals surface area contributed by atoms with E-state index in [4.69, 9.17) is 9.47 Å². The third-order valence-electron chi connectivity index (χ3n) is 3.33. The van der Waals surface area contributed by atoms with Crippen LogP contribution in [0.2, 0.25) is 0 Å². The lowest BCUT2D eigenvalue weighted by Gasteiger charge is -2.22. The predicted molar refractivity (Wildman–Crippen MR) is 80.0 cm³/mol. The molecule has 140 valence electrons. The van der Waals surface area contributed by atoms with Crippen LogP contribution in [0.25, 0.3) is 0 Å². The second kappa shape index (κ2) is 11.2. The quantitative estimate of drug-likeness (QED) is 0.224. The number of nitrogens with zero attached hydrogens (tertiary/aromatic N) is 2. The fourth-order valence-electron chi connectivity index (χ4n) is 1.69. The molecule has 0 N–H and O–H groups in total. The minimum atomic E-state index is -1.13. The molecule has 3 atom stereocenters. The average molecular weight is 352 g/mol. The molecule has 0 amide bonds. The van der Waals surface area contributed by atoms with Crippen LogP contribution in [0.15, 0.2) is 0 Å². The SMILES string of the molecule is CCC(O[N+](=O)[O-])C(CCCOC(=O)OC(C)C(C)C)O[N+](=O)[O-]. The van der Waals surface area contributed by atoms with Gasteiger partial charge in [0.25, 0.3) is 10.2 Å². The molecule has 0 aliphatic carbocycles. The van der Waals surface area contributed by atoms with Crippen LogP contribution in [0.5, 0.6) is 0 Å². The van der Waals surface area contributed by atoms with Gasteiger partial charge in [0.1, 0.15) is 18.3 Å². The lowest BCUT2D eigenvalue weighted by atomic mass is 10.1. The summed E-state index contributed by atoms with van der Waals surface area (Å²) in [6.45, 7) is 7.02. The number of rotatable bonds is 12. The highest BCUT2D eigenvalue weighted by Gasteiger charge is 2.27. The van der Waals surface area contributed by atoms with Gasteiger partial charge in [-0.3, -0.25) is 0 Å². The van der Waals surface area contributed by atoms with Gasteiger partial charge in [-0.15, -0.1) is 20.2 Å². The van der Waals surface area contributed by atoms with Crippen molar-refractivity contribution in [2.45, 2.75) is 65.3 Å². The summed E-state index contributed by atoms with van der Waals surface area (Å²) in [5.74, 6) is 0.139. The zero-order valence-electron chi connectivity index (χ0n) is 14.2. The minimum absolute atomic E-state index is 0.0420. The molecule has 0 heterocycles. The highest BCUT2D eigenvalue weighted by Crippen LogP contribution is 2.15. The second-order valence-electron chi connectivity index (χ2n) is 5.45. The second-order valence-corrected chi connectivity index (χ2v) is 5.45. The molecular weight excluding hydrogens is 328 g/mol. The third kappa shape index (κ3) is 9.64. The molecular formula is C13H24N2O9. The van der Waals surface area contributed by atoms with Crippen molar-refractivity contribution in [3.63, 3.8) is 0 Å². The zero-order valence-corrected chi connectivity index (χ0v) is 14.2. The van der Waals surface area contributed by atoms with E-state index < -0.39 is 28.5 Å². The molecule has 0 bridgehead atoms. The van der Waals surface area contributed by atoms with Crippen LogP contribution in [-0.2, 0) is 19.1 Å². The normalized spacial score (nSPS) is 14.4. The number of hydrogen-bond acceptors (Lipinski definition) is 9. The van der Waals surface area contributed by atoms with Crippen LogP contribution in [-0.4, -0.2) is 41.2 Å². The lowest BCUT2D eigenvalue weighted by molar-refractivity contribution is -0.799. The van der Waals surface area contributed by atoms with Crippen molar-refractivity contribution in [2.75, 3.05) is 6.61 Å². The van der Waals surface area contributed by atoms with Gasteiger partial charge in [-0.1, -0.05) is 20.8 Å². The molecule has 11 heteroatoms. The number of ether oxygens (including phenoxy) is 2. The molecule has 0 saturated carbocycles. The largest absolute Gasteiger partial charge is 0.508 e. The van der Waals surface area contributed by atoms with Crippen molar-refractivity contribution < 1.29 is 34.1 Å². The van der Waals surface area contributed by atoms with Gasteiger partial charge in [0.2, 0.25) is 0 Å². The van der Waals surface area contributed by atoms with Gasteiger partial charge in [0.15, 0.2) is 0 Å². The van der Waals surface area contributed by atoms with Gasteiger partial charge in [0, 0.05) is 0 Å². The monoisotopic (exact) mass is 352 g/mol. The maximum atomic E-state index is 11.4. The van der Waals surface area contributed by atoms with Crippen molar-refractivity contribution in [3.05, 3.63) is 20.2 Å². The molecule has 0 radical (unpaired) electrons. The van der Waals surface area contributed by atoms with Crippen LogP contribution in [0.3, 0.4) is 0 Å². The summed E-state index contributed by atoms with van der Waals surface area (Å²) in [4.78, 5) is 41.1. The number of hydrogen-bond donors (Lipinski definition) is 0. The van der Waals surface area contributed by atoms with Crippen molar-refractivity contribution in [1.82, 2.24) is 0 Å². The number of carbonyl (C=O) groups excluding carboxylic acids is 1. The molecule has 0 spiro atoms. The Hall–Kier alpha value is -2.33. The van der Waals surface area contributed by atoms with Crippen LogP contribution in [0.1, 0.15) is 47.0 Å². The minimum Gasteiger partial charge on any atom is -0.434 e. The Morgan fingerprint density at radius 2 is 1.58 bits per heavy atom. The molecule has 0 rings (SSSR count). The topological polar surface area (TPSA) is 140 Å². The van der Waals surface area contributed by atoms with E-state index in [-0.39, 0.29) is 37.9 Å². The molecule has 0 aliphatic heterocycles. The first-order valence-corrected chi connectivity index (χ1v) is 7.63. The summed E-state index contributed by atoms with van der Waals surface area (Å²) < 4.78 is 9.84. The van der Waals surface area contributed by atoms with Crippen LogP contribution < -0.4 is 0 Å². The van der Waals surface area contributed by atoms with Crippen molar-refractivity contribution in [1.29, 1.82) is 0 Å². The van der Waals surface area contributed by atoms with Crippen molar-refractivity contribution in [2.24, 2.45) is 5.92 Å². The van der Waals surface area contributed by atoms with Crippen molar-refractivity contribution >= 4 is 6.16 Å². The standard InChI is InChI=1S/C13H24N2O9/c1-5-11(23-14(17)18)12(24-15(19)20)7-6-8-21-13(16)22-10(4)9(2)3/h9-12H,5-8H2,1-4H3. The summed E-state index contributed by atoms with van der Waals surface area (Å²) in [5, 5.41) is 18.8. The Morgan fingerprint density at radius 3 is 2.04 bits per heavy atom. The van der Waals surface area contributed by atoms with Gasteiger partial charge >= 0.3 is 6.16 Å². The maximum Gasteiger partial charge on any atom is 0.508 e. The van der Waals surface area contributed by atoms with E-state index in [1.165, 1.54) is 0 Å². The van der Waals surface area contributed by atoms with Crippen LogP contribution in [0.4, 0.5) is 4.79 Å². The number of carbonyl (C=O) groups is 1. The van der Waals surface area contributed by atoms with Crippen LogP contribution >= 0.6 is 0 Å². The van der Waals surface area contributed by atoms with E-state index in [1.807, 2.05) is 13.8 Å². The van der Waals surface area contributed by atoms with Gasteiger partial charge < -0.3 is 19.1 Å². The van der Waals surface area contributed by atoms with Gasteiger partial charge in [-0.05, 0) is 32.1 Å². The Balaban J connectivity index is 4.34. The Kier molecular flexibility index (Phi) is 10.2. The van der Waals surface area contributed by atoms with Gasteiger partial charge in [-0.25, -0.2) is 4.79 Å². The first kappa shape index (κ1) is 21.7. The summed E-state index contributed by atoms with van der Waals surface area (Å²) in [5.41, 5.74) is 0. The van der Waals surface area contributed by atoms with E-state index in [1.54, 1.807) is 13.8 Å². The first-order valence-electron chi connectivity index (χ1n) is 7.63. The Labute approximate surface area is 139 Å². The summed E-state index contributed by atoms with van der Waals surface area (Å²) in [6.07, 6.45) is -2.98.